The first-order chi connectivity index (χ1) is 8.28. The van der Waals surface area contributed by atoms with Crippen LogP contribution in [0.4, 0.5) is 5.82 Å². The van der Waals surface area contributed by atoms with Crippen LogP contribution in [0.1, 0.15) is 11.4 Å². The van der Waals surface area contributed by atoms with Crippen molar-refractivity contribution in [3.05, 3.63) is 47.9 Å². The number of aromatic nitrogens is 2. The second-order valence-corrected chi connectivity index (χ2v) is 4.76. The van der Waals surface area contributed by atoms with Gasteiger partial charge in [-0.25, -0.2) is 9.97 Å². The van der Waals surface area contributed by atoms with Crippen molar-refractivity contribution in [3.8, 4) is 0 Å². The molecule has 1 heterocycles. The summed E-state index contributed by atoms with van der Waals surface area (Å²) in [4.78, 5) is 9.87. The highest BCUT2D eigenvalue weighted by Crippen LogP contribution is 2.21. The third kappa shape index (κ3) is 3.46. The maximum atomic E-state index is 4.38. The predicted octanol–water partition coefficient (Wildman–Crippen LogP) is 3.12. The van der Waals surface area contributed by atoms with Crippen molar-refractivity contribution in [1.82, 2.24) is 9.97 Å². The van der Waals surface area contributed by atoms with E-state index in [2.05, 4.69) is 46.5 Å². The lowest BCUT2D eigenvalue weighted by Gasteiger charge is -2.03. The van der Waals surface area contributed by atoms with Crippen molar-refractivity contribution < 1.29 is 0 Å². The standard InChI is InChI=1S/C13H15N3S/c1-10-3-5-11(6-4-10)17-9-13-15-8-7-12(14-2)16-13/h3-8H,9H2,1-2H3,(H,14,15,16). The summed E-state index contributed by atoms with van der Waals surface area (Å²) in [6.45, 7) is 2.09. The van der Waals surface area contributed by atoms with Crippen molar-refractivity contribution >= 4 is 17.6 Å². The summed E-state index contributed by atoms with van der Waals surface area (Å²) in [7, 11) is 1.86. The van der Waals surface area contributed by atoms with E-state index >= 15 is 0 Å². The lowest BCUT2D eigenvalue weighted by atomic mass is 10.2. The monoisotopic (exact) mass is 245 g/mol. The van der Waals surface area contributed by atoms with Crippen LogP contribution in [0, 0.1) is 6.92 Å². The minimum atomic E-state index is 0.790. The van der Waals surface area contributed by atoms with Gasteiger partial charge in [-0.15, -0.1) is 11.8 Å². The number of rotatable bonds is 4. The Bertz CT molecular complexity index is 482. The molecular weight excluding hydrogens is 230 g/mol. The van der Waals surface area contributed by atoms with Gasteiger partial charge in [0, 0.05) is 18.1 Å². The molecule has 1 aromatic carbocycles. The number of thioether (sulfide) groups is 1. The fraction of sp³-hybridized carbons (Fsp3) is 0.231. The average Bonchev–Trinajstić information content (AvgIpc) is 2.38. The Morgan fingerprint density at radius 1 is 1.18 bits per heavy atom. The first-order valence-corrected chi connectivity index (χ1v) is 6.45. The summed E-state index contributed by atoms with van der Waals surface area (Å²) in [6, 6.07) is 10.4. The molecule has 0 amide bonds. The van der Waals surface area contributed by atoms with Crippen LogP contribution < -0.4 is 5.32 Å². The van der Waals surface area contributed by atoms with E-state index in [1.165, 1.54) is 10.5 Å². The van der Waals surface area contributed by atoms with Gasteiger partial charge in [0.25, 0.3) is 0 Å². The van der Waals surface area contributed by atoms with Crippen molar-refractivity contribution in [2.24, 2.45) is 0 Å². The Morgan fingerprint density at radius 3 is 2.65 bits per heavy atom. The highest BCUT2D eigenvalue weighted by atomic mass is 32.2. The second kappa shape index (κ2) is 5.68. The molecule has 4 heteroatoms. The summed E-state index contributed by atoms with van der Waals surface area (Å²) in [5.74, 6) is 2.50. The largest absolute Gasteiger partial charge is 0.373 e. The van der Waals surface area contributed by atoms with E-state index in [1.54, 1.807) is 18.0 Å². The molecule has 1 N–H and O–H groups in total. The topological polar surface area (TPSA) is 37.8 Å². The number of benzene rings is 1. The molecule has 2 rings (SSSR count). The SMILES string of the molecule is CNc1ccnc(CSc2ccc(C)cc2)n1. The summed E-state index contributed by atoms with van der Waals surface area (Å²) < 4.78 is 0. The van der Waals surface area contributed by atoms with Crippen molar-refractivity contribution in [2.45, 2.75) is 17.6 Å². The first-order valence-electron chi connectivity index (χ1n) is 5.47. The highest BCUT2D eigenvalue weighted by molar-refractivity contribution is 7.98. The number of hydrogen-bond donors (Lipinski definition) is 1. The van der Waals surface area contributed by atoms with E-state index in [0.29, 0.717) is 0 Å². The Kier molecular flexibility index (Phi) is 3.98. The molecule has 0 radical (unpaired) electrons. The van der Waals surface area contributed by atoms with E-state index in [-0.39, 0.29) is 0 Å². The number of aryl methyl sites for hydroxylation is 1. The molecule has 0 saturated heterocycles. The van der Waals surface area contributed by atoms with Crippen LogP contribution in [-0.2, 0) is 5.75 Å². The molecule has 88 valence electrons. The molecule has 0 aliphatic rings. The van der Waals surface area contributed by atoms with Crippen LogP contribution in [0.25, 0.3) is 0 Å². The minimum Gasteiger partial charge on any atom is -0.373 e. The number of nitrogens with one attached hydrogen (secondary N) is 1. The van der Waals surface area contributed by atoms with Gasteiger partial charge in [-0.2, -0.15) is 0 Å². The average molecular weight is 245 g/mol. The van der Waals surface area contributed by atoms with Crippen LogP contribution in [0.15, 0.2) is 41.4 Å². The van der Waals surface area contributed by atoms with Gasteiger partial charge in [0.05, 0.1) is 5.75 Å². The molecule has 1 aromatic heterocycles. The molecular formula is C13H15N3S. The van der Waals surface area contributed by atoms with Crippen LogP contribution in [-0.4, -0.2) is 17.0 Å². The lowest BCUT2D eigenvalue weighted by molar-refractivity contribution is 1.03. The summed E-state index contributed by atoms with van der Waals surface area (Å²) in [6.07, 6.45) is 1.78. The second-order valence-electron chi connectivity index (χ2n) is 3.71. The zero-order chi connectivity index (χ0) is 12.1. The van der Waals surface area contributed by atoms with Gasteiger partial charge >= 0.3 is 0 Å². The smallest absolute Gasteiger partial charge is 0.140 e. The Hall–Kier alpha value is -1.55. The molecule has 0 aliphatic heterocycles. The van der Waals surface area contributed by atoms with E-state index in [9.17, 15) is 0 Å². The zero-order valence-electron chi connectivity index (χ0n) is 9.97. The quantitative estimate of drug-likeness (QED) is 0.840. The van der Waals surface area contributed by atoms with Crippen LogP contribution in [0.2, 0.25) is 0 Å². The molecule has 0 fully saturated rings. The summed E-state index contributed by atoms with van der Waals surface area (Å²) >= 11 is 1.75. The Morgan fingerprint density at radius 2 is 1.94 bits per heavy atom. The molecule has 3 nitrogen and oxygen atoms in total. The first kappa shape index (κ1) is 11.9. The van der Waals surface area contributed by atoms with E-state index in [1.807, 2.05) is 13.1 Å². The van der Waals surface area contributed by atoms with Crippen molar-refractivity contribution in [1.29, 1.82) is 0 Å². The van der Waals surface area contributed by atoms with Gasteiger partial charge in [0.1, 0.15) is 11.6 Å². The highest BCUT2D eigenvalue weighted by Gasteiger charge is 2.00. The van der Waals surface area contributed by atoms with Crippen molar-refractivity contribution in [2.75, 3.05) is 12.4 Å². The van der Waals surface area contributed by atoms with Crippen LogP contribution in [0.3, 0.4) is 0 Å². The van der Waals surface area contributed by atoms with Gasteiger partial charge in [-0.1, -0.05) is 17.7 Å². The fourth-order valence-electron chi connectivity index (χ4n) is 1.39. The zero-order valence-corrected chi connectivity index (χ0v) is 10.8. The van der Waals surface area contributed by atoms with Crippen molar-refractivity contribution in [3.63, 3.8) is 0 Å². The number of hydrogen-bond acceptors (Lipinski definition) is 4. The Labute approximate surface area is 106 Å². The van der Waals surface area contributed by atoms with Gasteiger partial charge in [-0.3, -0.25) is 0 Å². The van der Waals surface area contributed by atoms with E-state index in [4.69, 9.17) is 0 Å². The molecule has 0 saturated carbocycles. The maximum Gasteiger partial charge on any atom is 0.140 e. The van der Waals surface area contributed by atoms with Gasteiger partial charge in [0.2, 0.25) is 0 Å². The normalized spacial score (nSPS) is 10.2. The Balaban J connectivity index is 1.99. The molecule has 0 aliphatic carbocycles. The molecule has 0 bridgehead atoms. The predicted molar refractivity (Wildman–Crippen MR) is 72.3 cm³/mol. The minimum absolute atomic E-state index is 0.790. The molecule has 17 heavy (non-hydrogen) atoms. The third-order valence-electron chi connectivity index (χ3n) is 2.35. The molecule has 2 aromatic rings. The molecule has 0 spiro atoms. The van der Waals surface area contributed by atoms with Crippen LogP contribution in [0.5, 0.6) is 0 Å². The lowest BCUT2D eigenvalue weighted by Crippen LogP contribution is -1.97. The number of anilines is 1. The summed E-state index contributed by atoms with van der Waals surface area (Å²) in [5, 5.41) is 3.01. The van der Waals surface area contributed by atoms with Gasteiger partial charge in [0.15, 0.2) is 0 Å². The summed E-state index contributed by atoms with van der Waals surface area (Å²) in [5.41, 5.74) is 1.28. The van der Waals surface area contributed by atoms with Gasteiger partial charge < -0.3 is 5.32 Å². The fourth-order valence-corrected chi connectivity index (χ4v) is 2.15. The van der Waals surface area contributed by atoms with E-state index in [0.717, 1.165) is 17.4 Å². The molecule has 0 unspecified atom stereocenters. The van der Waals surface area contributed by atoms with Crippen LogP contribution >= 0.6 is 11.8 Å². The number of nitrogens with zero attached hydrogens (tertiary/aromatic N) is 2. The van der Waals surface area contributed by atoms with Gasteiger partial charge in [-0.05, 0) is 25.1 Å². The molecule has 0 atom stereocenters. The third-order valence-corrected chi connectivity index (χ3v) is 3.36. The maximum absolute atomic E-state index is 4.38. The van der Waals surface area contributed by atoms with E-state index < -0.39 is 0 Å².